The molecule has 4 aromatic carbocycles. The van der Waals surface area contributed by atoms with Crippen LogP contribution in [0.3, 0.4) is 0 Å². The Morgan fingerprint density at radius 2 is 1.45 bits per heavy atom. The summed E-state index contributed by atoms with van der Waals surface area (Å²) in [5.74, 6) is -0.0437. The first kappa shape index (κ1) is 29.1. The van der Waals surface area contributed by atoms with E-state index in [0.717, 1.165) is 60.4 Å². The summed E-state index contributed by atoms with van der Waals surface area (Å²) in [7, 11) is 2.13. The fourth-order valence-electron chi connectivity index (χ4n) is 5.78. The van der Waals surface area contributed by atoms with E-state index in [1.54, 1.807) is 0 Å². The van der Waals surface area contributed by atoms with Crippen molar-refractivity contribution in [2.24, 2.45) is 0 Å². The molecule has 42 heavy (non-hydrogen) atoms. The highest BCUT2D eigenvalue weighted by Gasteiger charge is 2.32. The normalized spacial score (nSPS) is 14.6. The van der Waals surface area contributed by atoms with Gasteiger partial charge in [0.2, 0.25) is 5.91 Å². The lowest BCUT2D eigenvalue weighted by atomic mass is 9.97. The van der Waals surface area contributed by atoms with Crippen LogP contribution >= 0.6 is 0 Å². The van der Waals surface area contributed by atoms with Crippen LogP contribution in [0, 0.1) is 0 Å². The zero-order chi connectivity index (χ0) is 29.3. The SMILES string of the molecule is CCCNC(=O)C(c1ccccc1)N1CCC(N(C)c2ccc(NC(=O)c3ccccc3-c3ccccc3)cc2)CC1. The highest BCUT2D eigenvalue weighted by atomic mass is 16.2. The second-order valence-corrected chi connectivity index (χ2v) is 10.9. The van der Waals surface area contributed by atoms with Gasteiger partial charge in [-0.15, -0.1) is 0 Å². The van der Waals surface area contributed by atoms with Crippen LogP contribution in [-0.2, 0) is 4.79 Å². The van der Waals surface area contributed by atoms with Gasteiger partial charge in [-0.25, -0.2) is 0 Å². The van der Waals surface area contributed by atoms with Gasteiger partial charge in [-0.2, -0.15) is 0 Å². The Morgan fingerprint density at radius 1 is 0.833 bits per heavy atom. The molecule has 5 rings (SSSR count). The molecule has 216 valence electrons. The minimum absolute atomic E-state index is 0.0823. The van der Waals surface area contributed by atoms with Crippen LogP contribution in [0.4, 0.5) is 11.4 Å². The number of benzene rings is 4. The Labute approximate surface area is 249 Å². The monoisotopic (exact) mass is 560 g/mol. The van der Waals surface area contributed by atoms with Gasteiger partial charge in [0.15, 0.2) is 0 Å². The predicted octanol–water partition coefficient (Wildman–Crippen LogP) is 6.77. The third-order valence-electron chi connectivity index (χ3n) is 8.11. The first-order valence-electron chi connectivity index (χ1n) is 14.9. The molecule has 1 atom stereocenters. The van der Waals surface area contributed by atoms with E-state index in [2.05, 4.69) is 58.7 Å². The quantitative estimate of drug-likeness (QED) is 0.225. The molecule has 2 amide bonds. The minimum Gasteiger partial charge on any atom is -0.372 e. The Balaban J connectivity index is 1.21. The first-order valence-corrected chi connectivity index (χ1v) is 14.9. The zero-order valence-electron chi connectivity index (χ0n) is 24.5. The van der Waals surface area contributed by atoms with Crippen LogP contribution in [0.1, 0.15) is 48.1 Å². The molecule has 1 unspecified atom stereocenters. The zero-order valence-corrected chi connectivity index (χ0v) is 24.5. The summed E-state index contributed by atoms with van der Waals surface area (Å²) in [6.45, 7) is 4.47. The number of piperidine rings is 1. The molecular weight excluding hydrogens is 520 g/mol. The molecule has 0 saturated carbocycles. The Bertz CT molecular complexity index is 1450. The molecule has 2 N–H and O–H groups in total. The highest BCUT2D eigenvalue weighted by Crippen LogP contribution is 2.29. The van der Waals surface area contributed by atoms with Crippen LogP contribution < -0.4 is 15.5 Å². The third-order valence-corrected chi connectivity index (χ3v) is 8.11. The fraction of sp³-hybridized carbons (Fsp3) is 0.278. The van der Waals surface area contributed by atoms with Crippen molar-refractivity contribution in [1.82, 2.24) is 10.2 Å². The summed E-state index contributed by atoms with van der Waals surface area (Å²) in [4.78, 5) is 31.0. The van der Waals surface area contributed by atoms with Crippen molar-refractivity contribution in [3.8, 4) is 11.1 Å². The fourth-order valence-corrected chi connectivity index (χ4v) is 5.78. The maximum Gasteiger partial charge on any atom is 0.256 e. The number of carbonyl (C=O) groups is 2. The molecule has 0 radical (unpaired) electrons. The average molecular weight is 561 g/mol. The van der Waals surface area contributed by atoms with Gasteiger partial charge in [0.05, 0.1) is 0 Å². The first-order chi connectivity index (χ1) is 20.5. The van der Waals surface area contributed by atoms with Gasteiger partial charge in [-0.3, -0.25) is 14.5 Å². The van der Waals surface area contributed by atoms with Gasteiger partial charge in [0.1, 0.15) is 6.04 Å². The van der Waals surface area contributed by atoms with Gasteiger partial charge in [-0.05, 0) is 66.3 Å². The lowest BCUT2D eigenvalue weighted by Crippen LogP contribution is -2.48. The summed E-state index contributed by atoms with van der Waals surface area (Å²) >= 11 is 0. The molecular formula is C36H40N4O2. The number of anilines is 2. The number of rotatable bonds is 10. The molecule has 0 aliphatic carbocycles. The van der Waals surface area contributed by atoms with E-state index in [1.807, 2.05) is 84.9 Å². The molecule has 1 aliphatic heterocycles. The number of hydrogen-bond acceptors (Lipinski definition) is 4. The van der Waals surface area contributed by atoms with E-state index < -0.39 is 0 Å². The third kappa shape index (κ3) is 6.89. The molecule has 6 heteroatoms. The van der Waals surface area contributed by atoms with Crippen molar-refractivity contribution in [3.05, 3.63) is 120 Å². The minimum atomic E-state index is -0.265. The lowest BCUT2D eigenvalue weighted by molar-refractivity contribution is -0.127. The molecule has 1 fully saturated rings. The maximum atomic E-state index is 13.2. The Morgan fingerprint density at radius 3 is 2.12 bits per heavy atom. The molecule has 1 aliphatic rings. The molecule has 1 saturated heterocycles. The van der Waals surface area contributed by atoms with E-state index in [9.17, 15) is 9.59 Å². The molecule has 1 heterocycles. The van der Waals surface area contributed by atoms with Crippen molar-refractivity contribution in [2.75, 3.05) is 36.9 Å². The summed E-state index contributed by atoms with van der Waals surface area (Å²) in [6, 6.07) is 35.9. The number of carbonyl (C=O) groups excluding carboxylic acids is 2. The Hall–Kier alpha value is -4.42. The molecule has 6 nitrogen and oxygen atoms in total. The number of nitrogens with zero attached hydrogens (tertiary/aromatic N) is 2. The topological polar surface area (TPSA) is 64.7 Å². The summed E-state index contributed by atoms with van der Waals surface area (Å²) in [5.41, 5.74) is 5.49. The highest BCUT2D eigenvalue weighted by molar-refractivity contribution is 6.08. The van der Waals surface area contributed by atoms with E-state index in [-0.39, 0.29) is 17.9 Å². The van der Waals surface area contributed by atoms with Gasteiger partial charge < -0.3 is 15.5 Å². The van der Waals surface area contributed by atoms with Gasteiger partial charge >= 0.3 is 0 Å². The molecule has 4 aromatic rings. The summed E-state index contributed by atoms with van der Waals surface area (Å²) in [6.07, 6.45) is 2.86. The van der Waals surface area contributed by atoms with Crippen LogP contribution in [0.2, 0.25) is 0 Å². The molecule has 0 spiro atoms. The van der Waals surface area contributed by atoms with E-state index in [4.69, 9.17) is 0 Å². The van der Waals surface area contributed by atoms with E-state index in [0.29, 0.717) is 18.2 Å². The standard InChI is InChI=1S/C36H40N4O2/c1-3-24-37-36(42)34(28-14-8-5-9-15-28)40-25-22-31(23-26-40)39(2)30-20-18-29(19-21-30)38-35(41)33-17-11-10-16-32(33)27-12-6-4-7-13-27/h4-21,31,34H,3,22-26H2,1-2H3,(H,37,42)(H,38,41). The Kier molecular flexibility index (Phi) is 9.67. The van der Waals surface area contributed by atoms with E-state index >= 15 is 0 Å². The van der Waals surface area contributed by atoms with Crippen molar-refractivity contribution >= 4 is 23.2 Å². The number of likely N-dealkylation sites (tertiary alicyclic amines) is 1. The van der Waals surface area contributed by atoms with E-state index in [1.165, 1.54) is 0 Å². The van der Waals surface area contributed by atoms with Crippen LogP contribution in [-0.4, -0.2) is 49.4 Å². The second kappa shape index (κ2) is 14.0. The maximum absolute atomic E-state index is 13.2. The predicted molar refractivity (Wildman–Crippen MR) is 172 cm³/mol. The average Bonchev–Trinajstić information content (AvgIpc) is 3.05. The van der Waals surface area contributed by atoms with Crippen LogP contribution in [0.15, 0.2) is 109 Å². The van der Waals surface area contributed by atoms with Crippen molar-refractivity contribution in [1.29, 1.82) is 0 Å². The van der Waals surface area contributed by atoms with Gasteiger partial charge in [0, 0.05) is 49.7 Å². The summed E-state index contributed by atoms with van der Waals surface area (Å²) in [5, 5.41) is 6.18. The van der Waals surface area contributed by atoms with Gasteiger partial charge in [-0.1, -0.05) is 85.8 Å². The summed E-state index contributed by atoms with van der Waals surface area (Å²) < 4.78 is 0. The molecule has 0 bridgehead atoms. The van der Waals surface area contributed by atoms with Crippen molar-refractivity contribution < 1.29 is 9.59 Å². The number of hydrogen-bond donors (Lipinski definition) is 2. The molecule has 0 aromatic heterocycles. The van der Waals surface area contributed by atoms with Crippen molar-refractivity contribution in [2.45, 2.75) is 38.3 Å². The van der Waals surface area contributed by atoms with Gasteiger partial charge in [0.25, 0.3) is 5.91 Å². The van der Waals surface area contributed by atoms with Crippen LogP contribution in [0.5, 0.6) is 0 Å². The second-order valence-electron chi connectivity index (χ2n) is 10.9. The van der Waals surface area contributed by atoms with Crippen molar-refractivity contribution in [3.63, 3.8) is 0 Å². The lowest BCUT2D eigenvalue weighted by Gasteiger charge is -2.40. The number of nitrogens with one attached hydrogen (secondary N) is 2. The smallest absolute Gasteiger partial charge is 0.256 e. The number of amides is 2. The van der Waals surface area contributed by atoms with Crippen LogP contribution in [0.25, 0.3) is 11.1 Å². The largest absolute Gasteiger partial charge is 0.372 e.